The van der Waals surface area contributed by atoms with Gasteiger partial charge >= 0.3 is 0 Å². The molecule has 3 aromatic rings. The Morgan fingerprint density at radius 3 is 2.73 bits per heavy atom. The molecule has 4 heteroatoms. The van der Waals surface area contributed by atoms with E-state index < -0.39 is 0 Å². The maximum atomic E-state index is 8.19. The van der Waals surface area contributed by atoms with Gasteiger partial charge in [0.2, 0.25) is 0 Å². The third-order valence-corrected chi connectivity index (χ3v) is 5.91. The van der Waals surface area contributed by atoms with Crippen molar-refractivity contribution in [3.05, 3.63) is 87.1 Å². The van der Waals surface area contributed by atoms with Gasteiger partial charge in [-0.15, -0.1) is 11.3 Å². The molecule has 0 spiro atoms. The first-order valence-electron chi connectivity index (χ1n) is 8.98. The first-order valence-corrected chi connectivity index (χ1v) is 9.86. The highest BCUT2D eigenvalue weighted by atomic mass is 32.1. The van der Waals surface area contributed by atoms with Gasteiger partial charge in [-0.05, 0) is 65.6 Å². The highest BCUT2D eigenvalue weighted by molar-refractivity contribution is 7.12. The van der Waals surface area contributed by atoms with Gasteiger partial charge in [-0.3, -0.25) is 5.41 Å². The maximum absolute atomic E-state index is 8.19. The summed E-state index contributed by atoms with van der Waals surface area (Å²) in [6.45, 7) is 3.08. The Bertz CT molecular complexity index is 915. The Labute approximate surface area is 158 Å². The third-order valence-electron chi connectivity index (χ3n) is 5.02. The Morgan fingerprint density at radius 1 is 1.08 bits per heavy atom. The summed E-state index contributed by atoms with van der Waals surface area (Å²) in [5.74, 6) is 0.465. The molecule has 0 aliphatic heterocycles. The molecule has 0 radical (unpaired) electrons. The molecule has 1 aromatic heterocycles. The van der Waals surface area contributed by atoms with E-state index in [9.17, 15) is 0 Å². The van der Waals surface area contributed by atoms with Crippen LogP contribution in [0, 0.1) is 12.3 Å². The molecule has 1 aliphatic carbocycles. The van der Waals surface area contributed by atoms with E-state index in [1.54, 1.807) is 11.3 Å². The number of rotatable bonds is 5. The summed E-state index contributed by atoms with van der Waals surface area (Å²) >= 11 is 1.58. The fourth-order valence-corrected chi connectivity index (χ4v) is 4.16. The van der Waals surface area contributed by atoms with Crippen molar-refractivity contribution in [1.82, 2.24) is 5.32 Å². The molecule has 1 heterocycles. The van der Waals surface area contributed by atoms with Gasteiger partial charge in [0.1, 0.15) is 5.84 Å². The minimum Gasteiger partial charge on any atom is -0.340 e. The van der Waals surface area contributed by atoms with Crippen molar-refractivity contribution in [1.29, 1.82) is 5.41 Å². The Morgan fingerprint density at radius 2 is 1.92 bits per heavy atom. The van der Waals surface area contributed by atoms with E-state index in [2.05, 4.69) is 60.0 Å². The van der Waals surface area contributed by atoms with Crippen molar-refractivity contribution >= 4 is 22.9 Å². The van der Waals surface area contributed by atoms with Crippen molar-refractivity contribution < 1.29 is 0 Å². The highest BCUT2D eigenvalue weighted by Gasteiger charge is 2.21. The van der Waals surface area contributed by atoms with Crippen LogP contribution in [0.3, 0.4) is 0 Å². The topological polar surface area (TPSA) is 47.9 Å². The lowest BCUT2D eigenvalue weighted by Crippen LogP contribution is -2.29. The lowest BCUT2D eigenvalue weighted by molar-refractivity contribution is 0.532. The number of nitrogens with one attached hydrogen (secondary N) is 3. The summed E-state index contributed by atoms with van der Waals surface area (Å²) in [7, 11) is 0. The molecule has 0 amide bonds. The summed E-state index contributed by atoms with van der Waals surface area (Å²) in [5, 5.41) is 17.1. The van der Waals surface area contributed by atoms with E-state index in [-0.39, 0.29) is 0 Å². The van der Waals surface area contributed by atoms with Crippen LogP contribution in [0.15, 0.2) is 60.0 Å². The van der Waals surface area contributed by atoms with E-state index in [0.717, 1.165) is 30.0 Å². The molecule has 0 saturated carbocycles. The van der Waals surface area contributed by atoms with Crippen LogP contribution >= 0.6 is 11.3 Å². The van der Waals surface area contributed by atoms with Crippen molar-refractivity contribution in [3.63, 3.8) is 0 Å². The second-order valence-corrected chi connectivity index (χ2v) is 7.82. The first kappa shape index (κ1) is 17.0. The Hall–Kier alpha value is -2.43. The summed E-state index contributed by atoms with van der Waals surface area (Å²) in [5.41, 5.74) is 6.52. The predicted octanol–water partition coefficient (Wildman–Crippen LogP) is 4.75. The van der Waals surface area contributed by atoms with Crippen LogP contribution in [-0.2, 0) is 19.4 Å². The molecule has 2 aromatic carbocycles. The zero-order chi connectivity index (χ0) is 17.9. The Balaban J connectivity index is 1.38. The minimum absolute atomic E-state index is 0.465. The second-order valence-electron chi connectivity index (χ2n) is 6.87. The van der Waals surface area contributed by atoms with Crippen LogP contribution in [0.1, 0.15) is 27.1 Å². The number of anilines is 1. The average Bonchev–Trinajstić information content (AvgIpc) is 3.30. The van der Waals surface area contributed by atoms with Crippen LogP contribution in [0.5, 0.6) is 0 Å². The zero-order valence-electron chi connectivity index (χ0n) is 14.9. The van der Waals surface area contributed by atoms with Crippen LogP contribution in [0.25, 0.3) is 0 Å². The molecule has 1 aliphatic rings. The van der Waals surface area contributed by atoms with E-state index in [1.807, 2.05) is 17.5 Å². The van der Waals surface area contributed by atoms with Crippen LogP contribution in [0.4, 0.5) is 5.69 Å². The first-order chi connectivity index (χ1) is 12.7. The molecule has 3 N–H and O–H groups in total. The van der Waals surface area contributed by atoms with Gasteiger partial charge in [-0.25, -0.2) is 0 Å². The van der Waals surface area contributed by atoms with E-state index >= 15 is 0 Å². The van der Waals surface area contributed by atoms with Crippen molar-refractivity contribution in [2.24, 2.45) is 0 Å². The second kappa shape index (κ2) is 7.44. The molecular weight excluding hydrogens is 338 g/mol. The van der Waals surface area contributed by atoms with Crippen LogP contribution in [-0.4, -0.2) is 11.9 Å². The minimum atomic E-state index is 0.465. The summed E-state index contributed by atoms with van der Waals surface area (Å²) < 4.78 is 0. The maximum Gasteiger partial charge on any atom is 0.140 e. The number of benzene rings is 2. The number of amidine groups is 1. The zero-order valence-corrected chi connectivity index (χ0v) is 15.7. The standard InChI is InChI=1S/C22H23N3S/c1-15-5-2-3-6-17(15)14-24-20-11-16-8-9-19(12-18(16)13-20)25-22(23)21-7-4-10-26-21/h2-10,12,20,24H,11,13-14H2,1H3,(H2,23,25). The predicted molar refractivity (Wildman–Crippen MR) is 110 cm³/mol. The van der Waals surface area contributed by atoms with Gasteiger partial charge in [-0.1, -0.05) is 36.4 Å². The fraction of sp³-hybridized carbons (Fsp3) is 0.227. The van der Waals surface area contributed by atoms with Crippen LogP contribution < -0.4 is 10.6 Å². The van der Waals surface area contributed by atoms with Crippen LogP contribution in [0.2, 0.25) is 0 Å². The molecule has 26 heavy (non-hydrogen) atoms. The summed E-state index contributed by atoms with van der Waals surface area (Å²) in [4.78, 5) is 0.961. The monoisotopic (exact) mass is 361 g/mol. The summed E-state index contributed by atoms with van der Waals surface area (Å²) in [6, 6.07) is 19.5. The molecule has 0 fully saturated rings. The molecule has 1 atom stereocenters. The van der Waals surface area contributed by atoms with Gasteiger partial charge < -0.3 is 10.6 Å². The normalized spacial score (nSPS) is 15.7. The fourth-order valence-electron chi connectivity index (χ4n) is 3.53. The lowest BCUT2D eigenvalue weighted by Gasteiger charge is -2.13. The number of aryl methyl sites for hydroxylation is 1. The molecule has 4 rings (SSSR count). The van der Waals surface area contributed by atoms with Crippen molar-refractivity contribution in [2.45, 2.75) is 32.4 Å². The number of thiophene rings is 1. The number of fused-ring (bicyclic) bond motifs is 1. The van der Waals surface area contributed by atoms with Gasteiger partial charge in [-0.2, -0.15) is 0 Å². The lowest BCUT2D eigenvalue weighted by atomic mass is 10.1. The average molecular weight is 362 g/mol. The SMILES string of the molecule is Cc1ccccc1CNC1Cc2ccc(NC(=N)c3cccs3)cc2C1. The molecule has 132 valence electrons. The molecule has 3 nitrogen and oxygen atoms in total. The van der Waals surface area contributed by atoms with E-state index in [4.69, 9.17) is 5.41 Å². The molecular formula is C22H23N3S. The summed E-state index contributed by atoms with van der Waals surface area (Å²) in [6.07, 6.45) is 2.12. The Kier molecular flexibility index (Phi) is 4.87. The third kappa shape index (κ3) is 3.71. The van der Waals surface area contributed by atoms with Gasteiger partial charge in [0, 0.05) is 18.3 Å². The largest absolute Gasteiger partial charge is 0.340 e. The number of hydrogen-bond donors (Lipinski definition) is 3. The van der Waals surface area contributed by atoms with E-state index in [0.29, 0.717) is 11.9 Å². The quantitative estimate of drug-likeness (QED) is 0.454. The van der Waals surface area contributed by atoms with Crippen molar-refractivity contribution in [3.8, 4) is 0 Å². The molecule has 0 bridgehead atoms. The molecule has 1 unspecified atom stereocenters. The van der Waals surface area contributed by atoms with Gasteiger partial charge in [0.05, 0.1) is 4.88 Å². The van der Waals surface area contributed by atoms with Gasteiger partial charge in [0.25, 0.3) is 0 Å². The smallest absolute Gasteiger partial charge is 0.140 e. The van der Waals surface area contributed by atoms with E-state index in [1.165, 1.54) is 22.3 Å². The van der Waals surface area contributed by atoms with Gasteiger partial charge in [0.15, 0.2) is 0 Å². The highest BCUT2D eigenvalue weighted by Crippen LogP contribution is 2.26. The molecule has 0 saturated heterocycles. The number of hydrogen-bond acceptors (Lipinski definition) is 3. The van der Waals surface area contributed by atoms with Crippen molar-refractivity contribution in [2.75, 3.05) is 5.32 Å².